The highest BCUT2D eigenvalue weighted by atomic mass is 79.9. The van der Waals surface area contributed by atoms with Gasteiger partial charge in [-0.3, -0.25) is 0 Å². The maximum absolute atomic E-state index is 12.8. The van der Waals surface area contributed by atoms with E-state index in [1.807, 2.05) is 24.4 Å². The molecule has 1 aromatic heterocycles. The van der Waals surface area contributed by atoms with E-state index in [2.05, 4.69) is 15.9 Å². The van der Waals surface area contributed by atoms with E-state index in [1.54, 1.807) is 20.0 Å². The summed E-state index contributed by atoms with van der Waals surface area (Å²) in [6, 6.07) is 5.40. The molecule has 0 saturated heterocycles. The van der Waals surface area contributed by atoms with E-state index in [1.165, 1.54) is 15.6 Å². The predicted molar refractivity (Wildman–Crippen MR) is 91.0 cm³/mol. The molecule has 0 saturated carbocycles. The van der Waals surface area contributed by atoms with Gasteiger partial charge in [-0.25, -0.2) is 8.42 Å². The number of nitrogens with two attached hydrogens (primary N) is 1. The molecule has 0 atom stereocenters. The molecule has 0 aliphatic carbocycles. The van der Waals surface area contributed by atoms with Crippen molar-refractivity contribution >= 4 is 43.0 Å². The fourth-order valence-corrected chi connectivity index (χ4v) is 4.82. The molecule has 0 aliphatic rings. The lowest BCUT2D eigenvalue weighted by Crippen LogP contribution is -2.28. The number of nitrogen functional groups attached to an aromatic ring is 1. The van der Waals surface area contributed by atoms with Crippen LogP contribution < -0.4 is 5.73 Å². The largest absolute Gasteiger partial charge is 0.398 e. The van der Waals surface area contributed by atoms with Gasteiger partial charge in [0.2, 0.25) is 10.0 Å². The maximum Gasteiger partial charge on any atom is 0.245 e. The van der Waals surface area contributed by atoms with Gasteiger partial charge in [0.1, 0.15) is 4.90 Å². The summed E-state index contributed by atoms with van der Waals surface area (Å²) < 4.78 is 27.9. The molecule has 7 heteroatoms. The minimum absolute atomic E-state index is 0.208. The second kappa shape index (κ2) is 6.08. The molecular weight excluding hydrogens is 372 g/mol. The first kappa shape index (κ1) is 16.5. The van der Waals surface area contributed by atoms with Crippen molar-refractivity contribution in [2.75, 3.05) is 12.8 Å². The van der Waals surface area contributed by atoms with Crippen LogP contribution >= 0.6 is 27.3 Å². The fourth-order valence-electron chi connectivity index (χ4n) is 2.08. The molecule has 2 aromatic rings. The first-order valence-corrected chi connectivity index (χ1v) is 9.39. The Morgan fingerprint density at radius 3 is 2.57 bits per heavy atom. The number of thiophene rings is 1. The first-order chi connectivity index (χ1) is 9.73. The zero-order valence-corrected chi connectivity index (χ0v) is 15.3. The van der Waals surface area contributed by atoms with Gasteiger partial charge in [0, 0.05) is 13.6 Å². The van der Waals surface area contributed by atoms with E-state index < -0.39 is 10.0 Å². The molecule has 0 unspecified atom stereocenters. The molecule has 114 valence electrons. The monoisotopic (exact) mass is 388 g/mol. The third-order valence-corrected chi connectivity index (χ3v) is 6.96. The zero-order valence-electron chi connectivity index (χ0n) is 12.1. The summed E-state index contributed by atoms with van der Waals surface area (Å²) in [5, 5.41) is 1.93. The number of aryl methyl sites for hydroxylation is 1. The Morgan fingerprint density at radius 2 is 2.00 bits per heavy atom. The first-order valence-electron chi connectivity index (χ1n) is 6.28. The molecule has 0 amide bonds. The van der Waals surface area contributed by atoms with Crippen LogP contribution in [-0.2, 0) is 16.6 Å². The normalized spacial score (nSPS) is 12.0. The van der Waals surface area contributed by atoms with Crippen molar-refractivity contribution in [1.29, 1.82) is 0 Å². The van der Waals surface area contributed by atoms with Crippen molar-refractivity contribution in [2.24, 2.45) is 0 Å². The molecule has 0 aliphatic heterocycles. The number of benzene rings is 1. The van der Waals surface area contributed by atoms with Crippen LogP contribution in [0.4, 0.5) is 5.69 Å². The number of rotatable bonds is 4. The second-order valence-corrected chi connectivity index (χ2v) is 9.22. The third kappa shape index (κ3) is 3.31. The fraction of sp³-hybridized carbons (Fsp3) is 0.286. The minimum atomic E-state index is -3.61. The topological polar surface area (TPSA) is 63.4 Å². The van der Waals surface area contributed by atoms with Gasteiger partial charge >= 0.3 is 0 Å². The summed E-state index contributed by atoms with van der Waals surface area (Å²) in [5.74, 6) is 0. The number of anilines is 1. The Hall–Kier alpha value is -0.890. The summed E-state index contributed by atoms with van der Waals surface area (Å²) in [6.07, 6.45) is 0. The summed E-state index contributed by atoms with van der Waals surface area (Å²) >= 11 is 4.91. The molecule has 4 nitrogen and oxygen atoms in total. The van der Waals surface area contributed by atoms with Crippen LogP contribution in [0.15, 0.2) is 32.3 Å². The highest BCUT2D eigenvalue weighted by Gasteiger charge is 2.26. The van der Waals surface area contributed by atoms with E-state index in [0.29, 0.717) is 12.1 Å². The molecule has 2 rings (SSSR count). The van der Waals surface area contributed by atoms with Crippen LogP contribution in [0.5, 0.6) is 0 Å². The number of hydrogen-bond acceptors (Lipinski definition) is 4. The lowest BCUT2D eigenvalue weighted by atomic mass is 10.1. The lowest BCUT2D eigenvalue weighted by molar-refractivity contribution is 0.467. The van der Waals surface area contributed by atoms with E-state index in [4.69, 9.17) is 5.73 Å². The van der Waals surface area contributed by atoms with Crippen LogP contribution in [0.25, 0.3) is 0 Å². The van der Waals surface area contributed by atoms with Gasteiger partial charge in [-0.05, 0) is 64.0 Å². The van der Waals surface area contributed by atoms with Gasteiger partial charge in [0.15, 0.2) is 0 Å². The molecule has 0 fully saturated rings. The average molecular weight is 389 g/mol. The Balaban J connectivity index is 2.40. The highest BCUT2D eigenvalue weighted by Crippen LogP contribution is 2.29. The summed E-state index contributed by atoms with van der Waals surface area (Å²) in [7, 11) is -2.04. The molecule has 2 N–H and O–H groups in total. The highest BCUT2D eigenvalue weighted by molar-refractivity contribution is 9.11. The molecule has 1 aromatic carbocycles. The Labute approximate surface area is 137 Å². The molecule has 21 heavy (non-hydrogen) atoms. The quantitative estimate of drug-likeness (QED) is 0.814. The van der Waals surface area contributed by atoms with Gasteiger partial charge in [-0.2, -0.15) is 4.31 Å². The van der Waals surface area contributed by atoms with Crippen LogP contribution in [-0.4, -0.2) is 19.8 Å². The third-order valence-electron chi connectivity index (χ3n) is 3.40. The van der Waals surface area contributed by atoms with E-state index >= 15 is 0 Å². The zero-order chi connectivity index (χ0) is 15.8. The van der Waals surface area contributed by atoms with Crippen LogP contribution in [0, 0.1) is 13.8 Å². The Kier molecular flexibility index (Phi) is 4.77. The number of nitrogens with zero attached hydrogens (tertiary/aromatic N) is 1. The Morgan fingerprint density at radius 1 is 1.33 bits per heavy atom. The Bertz CT molecular complexity index is 769. The van der Waals surface area contributed by atoms with E-state index in [9.17, 15) is 8.42 Å². The van der Waals surface area contributed by atoms with Crippen LogP contribution in [0.1, 0.15) is 16.7 Å². The standard InChI is InChI=1S/C14H17BrN2O2S2/c1-9-4-5-12(16)14(10(9)2)21(18,19)17(3)7-11-6-13(15)20-8-11/h4-6,8H,7,16H2,1-3H3. The molecule has 0 bridgehead atoms. The molecule has 1 heterocycles. The lowest BCUT2D eigenvalue weighted by Gasteiger charge is -2.20. The molecule has 0 radical (unpaired) electrons. The van der Waals surface area contributed by atoms with E-state index in [-0.39, 0.29) is 10.6 Å². The summed E-state index contributed by atoms with van der Waals surface area (Å²) in [5.41, 5.74) is 8.75. The second-order valence-electron chi connectivity index (χ2n) is 4.95. The van der Waals surface area contributed by atoms with E-state index in [0.717, 1.165) is 14.9 Å². The van der Waals surface area contributed by atoms with Crippen molar-refractivity contribution < 1.29 is 8.42 Å². The van der Waals surface area contributed by atoms with Crippen LogP contribution in [0.2, 0.25) is 0 Å². The number of hydrogen-bond donors (Lipinski definition) is 1. The minimum Gasteiger partial charge on any atom is -0.398 e. The predicted octanol–water partition coefficient (Wildman–Crippen LogP) is 3.53. The molecular formula is C14H17BrN2O2S2. The SMILES string of the molecule is Cc1ccc(N)c(S(=O)(=O)N(C)Cc2csc(Br)c2)c1C. The number of halogens is 1. The van der Waals surface area contributed by atoms with Gasteiger partial charge in [0.05, 0.1) is 9.47 Å². The van der Waals surface area contributed by atoms with Crippen molar-refractivity contribution in [3.8, 4) is 0 Å². The molecule has 0 spiro atoms. The van der Waals surface area contributed by atoms with Gasteiger partial charge < -0.3 is 5.73 Å². The maximum atomic E-state index is 12.8. The van der Waals surface area contributed by atoms with Crippen molar-refractivity contribution in [2.45, 2.75) is 25.3 Å². The smallest absolute Gasteiger partial charge is 0.245 e. The number of sulfonamides is 1. The average Bonchev–Trinajstić information content (AvgIpc) is 2.79. The van der Waals surface area contributed by atoms with Gasteiger partial charge in [0.25, 0.3) is 0 Å². The van der Waals surface area contributed by atoms with Crippen molar-refractivity contribution in [1.82, 2.24) is 4.31 Å². The summed E-state index contributed by atoms with van der Waals surface area (Å²) in [6.45, 7) is 3.98. The van der Waals surface area contributed by atoms with Crippen molar-refractivity contribution in [3.63, 3.8) is 0 Å². The van der Waals surface area contributed by atoms with Gasteiger partial charge in [-0.15, -0.1) is 11.3 Å². The van der Waals surface area contributed by atoms with Crippen molar-refractivity contribution in [3.05, 3.63) is 44.1 Å². The van der Waals surface area contributed by atoms with Crippen LogP contribution in [0.3, 0.4) is 0 Å². The summed E-state index contributed by atoms with van der Waals surface area (Å²) in [4.78, 5) is 0.208. The van der Waals surface area contributed by atoms with Gasteiger partial charge in [-0.1, -0.05) is 6.07 Å².